The van der Waals surface area contributed by atoms with Gasteiger partial charge in [-0.15, -0.1) is 5.10 Å². The lowest BCUT2D eigenvalue weighted by molar-refractivity contribution is -0.146. The van der Waals surface area contributed by atoms with Crippen molar-refractivity contribution < 1.29 is 27.5 Å². The second-order valence-corrected chi connectivity index (χ2v) is 8.68. The molecule has 0 unspecified atom stereocenters. The van der Waals surface area contributed by atoms with Crippen molar-refractivity contribution in [3.05, 3.63) is 65.5 Å². The number of nitrogens with zero attached hydrogens (tertiary/aromatic N) is 5. The topological polar surface area (TPSA) is 128 Å². The molecule has 1 fully saturated rings. The number of carbonyl (C=O) groups is 2. The number of ether oxygens (including phenoxy) is 1. The Morgan fingerprint density at radius 2 is 1.95 bits per heavy atom. The monoisotopic (exact) mass is 517 g/mol. The number of halogens is 3. The Labute approximate surface area is 210 Å². The highest BCUT2D eigenvalue weighted by atomic mass is 19.4. The normalized spacial score (nSPS) is 18.0. The first-order valence-corrected chi connectivity index (χ1v) is 11.5. The summed E-state index contributed by atoms with van der Waals surface area (Å²) in [5.41, 5.74) is 6.97. The Kier molecular flexibility index (Phi) is 7.71. The van der Waals surface area contributed by atoms with Crippen LogP contribution in [0.25, 0.3) is 5.69 Å². The number of aromatic nitrogens is 4. The molecule has 13 heteroatoms. The van der Waals surface area contributed by atoms with Gasteiger partial charge in [0.1, 0.15) is 12.2 Å². The van der Waals surface area contributed by atoms with E-state index in [2.05, 4.69) is 20.8 Å². The number of benzene rings is 2. The Balaban J connectivity index is 1.56. The summed E-state index contributed by atoms with van der Waals surface area (Å²) in [4.78, 5) is 25.4. The molecular formula is C24H26F3N7O3. The van der Waals surface area contributed by atoms with E-state index in [1.165, 1.54) is 13.2 Å². The summed E-state index contributed by atoms with van der Waals surface area (Å²) in [5.74, 6) is -1.82. The van der Waals surface area contributed by atoms with Crippen LogP contribution in [0.3, 0.4) is 0 Å². The van der Waals surface area contributed by atoms with Gasteiger partial charge in [0.25, 0.3) is 5.82 Å². The number of rotatable bonds is 8. The van der Waals surface area contributed by atoms with Crippen LogP contribution in [-0.4, -0.2) is 63.2 Å². The molecule has 3 N–H and O–H groups in total. The molecule has 0 saturated carbocycles. The summed E-state index contributed by atoms with van der Waals surface area (Å²) in [5, 5.41) is 13.3. The summed E-state index contributed by atoms with van der Waals surface area (Å²) in [7, 11) is 1.48. The van der Waals surface area contributed by atoms with Gasteiger partial charge < -0.3 is 20.7 Å². The lowest BCUT2D eigenvalue weighted by Gasteiger charge is -2.39. The first-order chi connectivity index (χ1) is 17.7. The van der Waals surface area contributed by atoms with Crippen molar-refractivity contribution in [3.8, 4) is 11.4 Å². The highest BCUT2D eigenvalue weighted by Gasteiger charge is 2.38. The van der Waals surface area contributed by atoms with Gasteiger partial charge in [0.05, 0.1) is 12.8 Å². The van der Waals surface area contributed by atoms with Gasteiger partial charge in [-0.05, 0) is 40.6 Å². The molecule has 0 aliphatic carbocycles. The highest BCUT2D eigenvalue weighted by molar-refractivity contribution is 5.96. The molecule has 196 valence electrons. The minimum Gasteiger partial charge on any atom is -0.496 e. The summed E-state index contributed by atoms with van der Waals surface area (Å²) >= 11 is 0. The van der Waals surface area contributed by atoms with Crippen molar-refractivity contribution in [3.63, 3.8) is 0 Å². The van der Waals surface area contributed by atoms with Gasteiger partial charge in [0.2, 0.25) is 11.8 Å². The van der Waals surface area contributed by atoms with Crippen LogP contribution in [0.4, 0.5) is 13.2 Å². The average molecular weight is 518 g/mol. The van der Waals surface area contributed by atoms with Crippen LogP contribution in [0.5, 0.6) is 5.75 Å². The molecule has 1 saturated heterocycles. The number of carbonyl (C=O) groups excluding carboxylic acids is 2. The first kappa shape index (κ1) is 26.1. The van der Waals surface area contributed by atoms with Crippen LogP contribution in [0, 0.1) is 0 Å². The summed E-state index contributed by atoms with van der Waals surface area (Å²) in [6.45, 7) is 1.11. The minimum atomic E-state index is -4.72. The molecular weight excluding hydrogens is 491 g/mol. The zero-order valence-corrected chi connectivity index (χ0v) is 20.0. The highest BCUT2D eigenvalue weighted by Crippen LogP contribution is 2.31. The van der Waals surface area contributed by atoms with E-state index in [-0.39, 0.29) is 36.5 Å². The molecule has 1 aliphatic rings. The Hall–Kier alpha value is -4.00. The standard InChI is InChI=1S/C24H26F3N7O3/c1-37-20-8-7-17(34-23(24(25,26)27)30-31-32-34)11-16(20)13-29-19-9-10-33(22(36)12-21(28)35)14-18(19)15-5-3-2-4-6-15/h2-8,11,18-19,29H,9-10,12-14H2,1H3,(H2,28,35)/t18-,19-/m0/s1. The van der Waals surface area contributed by atoms with Crippen LogP contribution in [-0.2, 0) is 22.3 Å². The third kappa shape index (κ3) is 6.05. The number of primary amides is 1. The summed E-state index contributed by atoms with van der Waals surface area (Å²) < 4.78 is 46.0. The Bertz CT molecular complexity index is 1250. The van der Waals surface area contributed by atoms with Crippen molar-refractivity contribution in [2.24, 2.45) is 5.73 Å². The van der Waals surface area contributed by atoms with Crippen LogP contribution in [0.15, 0.2) is 48.5 Å². The molecule has 4 rings (SSSR count). The maximum atomic E-state index is 13.3. The van der Waals surface area contributed by atoms with Crippen LogP contribution >= 0.6 is 0 Å². The number of hydrogen-bond acceptors (Lipinski definition) is 7. The number of likely N-dealkylation sites (tertiary alicyclic amines) is 1. The number of tetrazole rings is 1. The molecule has 1 aromatic heterocycles. The number of piperidine rings is 1. The number of nitrogens with two attached hydrogens (primary N) is 1. The van der Waals surface area contributed by atoms with Crippen molar-refractivity contribution >= 4 is 11.8 Å². The van der Waals surface area contributed by atoms with Crippen molar-refractivity contribution in [2.45, 2.75) is 37.5 Å². The van der Waals surface area contributed by atoms with Gasteiger partial charge in [-0.2, -0.15) is 17.9 Å². The van der Waals surface area contributed by atoms with Crippen LogP contribution in [0.1, 0.15) is 35.7 Å². The Morgan fingerprint density at radius 3 is 2.62 bits per heavy atom. The molecule has 2 amide bonds. The molecule has 2 heterocycles. The van der Waals surface area contributed by atoms with Gasteiger partial charge in [0.15, 0.2) is 0 Å². The fourth-order valence-corrected chi connectivity index (χ4v) is 4.54. The van der Waals surface area contributed by atoms with E-state index in [4.69, 9.17) is 10.5 Å². The maximum Gasteiger partial charge on any atom is 0.453 e. The van der Waals surface area contributed by atoms with E-state index in [0.29, 0.717) is 35.5 Å². The van der Waals surface area contributed by atoms with Crippen LogP contribution < -0.4 is 15.8 Å². The molecule has 0 bridgehead atoms. The predicted octanol–water partition coefficient (Wildman–Crippen LogP) is 2.04. The van der Waals surface area contributed by atoms with Gasteiger partial charge in [-0.25, -0.2) is 0 Å². The predicted molar refractivity (Wildman–Crippen MR) is 126 cm³/mol. The molecule has 2 aromatic carbocycles. The fraction of sp³-hybridized carbons (Fsp3) is 0.375. The largest absolute Gasteiger partial charge is 0.496 e. The van der Waals surface area contributed by atoms with E-state index in [1.807, 2.05) is 30.3 Å². The van der Waals surface area contributed by atoms with E-state index in [0.717, 1.165) is 5.56 Å². The molecule has 1 aliphatic heterocycles. The van der Waals surface area contributed by atoms with E-state index < -0.39 is 17.9 Å². The van der Waals surface area contributed by atoms with Gasteiger partial charge in [0, 0.05) is 37.2 Å². The summed E-state index contributed by atoms with van der Waals surface area (Å²) in [6.07, 6.45) is -4.47. The fourth-order valence-electron chi connectivity index (χ4n) is 4.54. The number of alkyl halides is 3. The zero-order chi connectivity index (χ0) is 26.6. The van der Waals surface area contributed by atoms with E-state index in [9.17, 15) is 22.8 Å². The van der Waals surface area contributed by atoms with E-state index >= 15 is 0 Å². The second kappa shape index (κ2) is 10.9. The quantitative estimate of drug-likeness (QED) is 0.438. The van der Waals surface area contributed by atoms with Crippen LogP contribution in [0.2, 0.25) is 0 Å². The molecule has 10 nitrogen and oxygen atoms in total. The minimum absolute atomic E-state index is 0.0628. The number of hydrogen-bond donors (Lipinski definition) is 2. The third-order valence-electron chi connectivity index (χ3n) is 6.31. The molecule has 0 spiro atoms. The lowest BCUT2D eigenvalue weighted by Crippen LogP contribution is -2.50. The Morgan fingerprint density at radius 1 is 1.19 bits per heavy atom. The average Bonchev–Trinajstić information content (AvgIpc) is 3.38. The maximum absolute atomic E-state index is 13.3. The van der Waals surface area contributed by atoms with Crippen molar-refractivity contribution in [1.29, 1.82) is 0 Å². The molecule has 2 atom stereocenters. The molecule has 3 aromatic rings. The van der Waals surface area contributed by atoms with Crippen molar-refractivity contribution in [1.82, 2.24) is 30.4 Å². The first-order valence-electron chi connectivity index (χ1n) is 11.5. The number of methoxy groups -OCH3 is 1. The third-order valence-corrected chi connectivity index (χ3v) is 6.31. The summed E-state index contributed by atoms with van der Waals surface area (Å²) in [6, 6.07) is 14.2. The SMILES string of the molecule is COc1ccc(-n2nnnc2C(F)(F)F)cc1CN[C@H]1CCN(C(=O)CC(N)=O)C[C@H]1c1ccccc1. The smallest absolute Gasteiger partial charge is 0.453 e. The van der Waals surface area contributed by atoms with Gasteiger partial charge in [-0.1, -0.05) is 30.3 Å². The molecule has 0 radical (unpaired) electrons. The number of nitrogens with one attached hydrogen (secondary N) is 1. The van der Waals surface area contributed by atoms with E-state index in [1.54, 1.807) is 17.0 Å². The van der Waals surface area contributed by atoms with Gasteiger partial charge in [-0.3, -0.25) is 9.59 Å². The van der Waals surface area contributed by atoms with Gasteiger partial charge >= 0.3 is 6.18 Å². The zero-order valence-electron chi connectivity index (χ0n) is 20.0. The lowest BCUT2D eigenvalue weighted by atomic mass is 9.85. The van der Waals surface area contributed by atoms with Crippen molar-refractivity contribution in [2.75, 3.05) is 20.2 Å². The second-order valence-electron chi connectivity index (χ2n) is 8.68. The molecule has 37 heavy (non-hydrogen) atoms. The number of amides is 2.